The van der Waals surface area contributed by atoms with E-state index in [4.69, 9.17) is 0 Å². The van der Waals surface area contributed by atoms with E-state index in [-0.39, 0.29) is 17.8 Å². The number of rotatable bonds is 4. The van der Waals surface area contributed by atoms with Crippen LogP contribution < -0.4 is 0 Å². The number of aliphatic carboxylic acids is 1. The first-order chi connectivity index (χ1) is 11.5. The Labute approximate surface area is 141 Å². The van der Waals surface area contributed by atoms with E-state index in [2.05, 4.69) is 0 Å². The van der Waals surface area contributed by atoms with Crippen molar-refractivity contribution in [2.45, 2.75) is 57.5 Å². The van der Waals surface area contributed by atoms with Crippen LogP contribution in [0.4, 0.5) is 4.39 Å². The third kappa shape index (κ3) is 3.17. The van der Waals surface area contributed by atoms with E-state index < -0.39 is 17.9 Å². The van der Waals surface area contributed by atoms with Crippen LogP contribution >= 0.6 is 0 Å². The molecule has 3 rings (SSSR count). The number of hydrogen-bond donors (Lipinski definition) is 1. The van der Waals surface area contributed by atoms with Gasteiger partial charge in [-0.25, -0.2) is 9.18 Å². The fourth-order valence-corrected chi connectivity index (χ4v) is 4.33. The number of carboxylic acids is 1. The summed E-state index contributed by atoms with van der Waals surface area (Å²) < 4.78 is 13.8. The second-order valence-corrected chi connectivity index (χ2v) is 7.14. The molecule has 0 radical (unpaired) electrons. The van der Waals surface area contributed by atoms with Crippen molar-refractivity contribution in [2.75, 3.05) is 0 Å². The highest BCUT2D eigenvalue weighted by molar-refractivity contribution is 5.86. The first kappa shape index (κ1) is 16.9. The molecule has 130 valence electrons. The second kappa shape index (κ2) is 6.91. The van der Waals surface area contributed by atoms with Gasteiger partial charge in [-0.15, -0.1) is 0 Å². The van der Waals surface area contributed by atoms with Crippen LogP contribution in [-0.2, 0) is 16.0 Å². The lowest BCUT2D eigenvalue weighted by atomic mass is 9.84. The molecule has 1 aromatic rings. The average molecular weight is 333 g/mol. The number of likely N-dealkylation sites (tertiary alicyclic amines) is 1. The first-order valence-electron chi connectivity index (χ1n) is 8.77. The lowest BCUT2D eigenvalue weighted by molar-refractivity contribution is -0.151. The molecule has 0 bridgehead atoms. The molecule has 0 spiro atoms. The normalized spacial score (nSPS) is 27.6. The first-order valence-corrected chi connectivity index (χ1v) is 8.77. The Morgan fingerprint density at radius 1 is 1.29 bits per heavy atom. The Morgan fingerprint density at radius 2 is 2.00 bits per heavy atom. The number of amides is 1. The molecular weight excluding hydrogens is 309 g/mol. The van der Waals surface area contributed by atoms with Crippen LogP contribution in [0.2, 0.25) is 0 Å². The van der Waals surface area contributed by atoms with Gasteiger partial charge < -0.3 is 10.0 Å². The molecule has 24 heavy (non-hydrogen) atoms. The predicted octanol–water partition coefficient (Wildman–Crippen LogP) is 3.25. The van der Waals surface area contributed by atoms with Gasteiger partial charge in [0.05, 0.1) is 0 Å². The Bertz CT molecular complexity index is 633. The number of carbonyl (C=O) groups excluding carboxylic acids is 1. The largest absolute Gasteiger partial charge is 0.480 e. The lowest BCUT2D eigenvalue weighted by Gasteiger charge is -2.34. The number of carboxylic acid groups (broad SMARTS) is 1. The van der Waals surface area contributed by atoms with Gasteiger partial charge in [-0.2, -0.15) is 0 Å². The fourth-order valence-electron chi connectivity index (χ4n) is 4.33. The molecular formula is C19H24FNO3. The van der Waals surface area contributed by atoms with Crippen LogP contribution in [0.25, 0.3) is 0 Å². The van der Waals surface area contributed by atoms with Crippen molar-refractivity contribution in [2.24, 2.45) is 11.8 Å². The van der Waals surface area contributed by atoms with E-state index in [1.54, 1.807) is 30.0 Å². The fraction of sp³-hybridized carbons (Fsp3) is 0.579. The van der Waals surface area contributed by atoms with Gasteiger partial charge in [0.15, 0.2) is 0 Å². The minimum absolute atomic E-state index is 0.0374. The molecule has 1 saturated carbocycles. The van der Waals surface area contributed by atoms with Gasteiger partial charge in [0, 0.05) is 12.0 Å². The van der Waals surface area contributed by atoms with E-state index in [0.717, 1.165) is 25.7 Å². The standard InChI is InChI=1S/C19H24FNO3/c1-12(10-13-6-2-4-8-15(13)20)18(22)21-16-9-5-3-7-14(16)11-17(21)19(23)24/h2,4,6,8,12,14,16-17H,3,5,7,9-11H2,1H3,(H,23,24). The van der Waals surface area contributed by atoms with E-state index in [9.17, 15) is 19.1 Å². The molecule has 1 aromatic carbocycles. The van der Waals surface area contributed by atoms with Crippen molar-refractivity contribution in [1.29, 1.82) is 0 Å². The third-order valence-electron chi connectivity index (χ3n) is 5.53. The SMILES string of the molecule is CC(Cc1ccccc1F)C(=O)N1C(C(=O)O)CC2CCCCC21. The Hall–Kier alpha value is -1.91. The summed E-state index contributed by atoms with van der Waals surface area (Å²) in [5, 5.41) is 9.54. The Balaban J connectivity index is 1.78. The number of fused-ring (bicyclic) bond motifs is 1. The number of halogens is 1. The summed E-state index contributed by atoms with van der Waals surface area (Å²) in [5.41, 5.74) is 0.504. The molecule has 2 fully saturated rings. The maximum absolute atomic E-state index is 13.8. The number of hydrogen-bond acceptors (Lipinski definition) is 2. The highest BCUT2D eigenvalue weighted by Crippen LogP contribution is 2.40. The van der Waals surface area contributed by atoms with Crippen LogP contribution in [0.1, 0.15) is 44.6 Å². The van der Waals surface area contributed by atoms with E-state index in [1.807, 2.05) is 0 Å². The van der Waals surface area contributed by atoms with Gasteiger partial charge in [0.1, 0.15) is 11.9 Å². The Kier molecular flexibility index (Phi) is 4.88. The van der Waals surface area contributed by atoms with Crippen molar-refractivity contribution >= 4 is 11.9 Å². The maximum Gasteiger partial charge on any atom is 0.326 e. The molecule has 1 saturated heterocycles. The molecule has 4 nitrogen and oxygen atoms in total. The summed E-state index contributed by atoms with van der Waals surface area (Å²) in [4.78, 5) is 26.2. The molecule has 4 unspecified atom stereocenters. The third-order valence-corrected chi connectivity index (χ3v) is 5.53. The van der Waals surface area contributed by atoms with Gasteiger partial charge in [0.2, 0.25) is 5.91 Å². The molecule has 1 aliphatic heterocycles. The van der Waals surface area contributed by atoms with Crippen LogP contribution in [0.15, 0.2) is 24.3 Å². The van der Waals surface area contributed by atoms with Crippen LogP contribution in [0, 0.1) is 17.7 Å². The number of benzene rings is 1. The summed E-state index contributed by atoms with van der Waals surface area (Å²) in [5.74, 6) is -1.52. The van der Waals surface area contributed by atoms with Crippen LogP contribution in [-0.4, -0.2) is 34.0 Å². The minimum Gasteiger partial charge on any atom is -0.480 e. The summed E-state index contributed by atoms with van der Waals surface area (Å²) >= 11 is 0. The van der Waals surface area contributed by atoms with Gasteiger partial charge in [-0.1, -0.05) is 38.0 Å². The molecule has 4 atom stereocenters. The highest BCUT2D eigenvalue weighted by Gasteiger charge is 2.48. The zero-order valence-corrected chi connectivity index (χ0v) is 14.0. The smallest absolute Gasteiger partial charge is 0.326 e. The monoisotopic (exact) mass is 333 g/mol. The van der Waals surface area contributed by atoms with E-state index >= 15 is 0 Å². The summed E-state index contributed by atoms with van der Waals surface area (Å²) in [6.07, 6.45) is 4.88. The summed E-state index contributed by atoms with van der Waals surface area (Å²) in [6, 6.07) is 5.76. The minimum atomic E-state index is -0.921. The van der Waals surface area contributed by atoms with Crippen molar-refractivity contribution < 1.29 is 19.1 Å². The molecule has 2 aliphatic rings. The average Bonchev–Trinajstić information content (AvgIpc) is 2.96. The van der Waals surface area contributed by atoms with Crippen molar-refractivity contribution in [3.8, 4) is 0 Å². The van der Waals surface area contributed by atoms with Gasteiger partial charge in [-0.05, 0) is 43.2 Å². The summed E-state index contributed by atoms with van der Waals surface area (Å²) in [6.45, 7) is 1.77. The molecule has 1 N–H and O–H groups in total. The second-order valence-electron chi connectivity index (χ2n) is 7.14. The van der Waals surface area contributed by atoms with Gasteiger partial charge in [0.25, 0.3) is 0 Å². The van der Waals surface area contributed by atoms with E-state index in [1.165, 1.54) is 6.07 Å². The van der Waals surface area contributed by atoms with Crippen molar-refractivity contribution in [1.82, 2.24) is 4.90 Å². The van der Waals surface area contributed by atoms with Crippen molar-refractivity contribution in [3.63, 3.8) is 0 Å². The van der Waals surface area contributed by atoms with Gasteiger partial charge >= 0.3 is 5.97 Å². The molecule has 1 heterocycles. The van der Waals surface area contributed by atoms with E-state index in [0.29, 0.717) is 24.3 Å². The molecule has 1 aliphatic carbocycles. The molecule has 1 amide bonds. The molecule has 0 aromatic heterocycles. The zero-order chi connectivity index (χ0) is 17.3. The Morgan fingerprint density at radius 3 is 2.71 bits per heavy atom. The topological polar surface area (TPSA) is 57.6 Å². The van der Waals surface area contributed by atoms with Gasteiger partial charge in [-0.3, -0.25) is 4.79 Å². The summed E-state index contributed by atoms with van der Waals surface area (Å²) in [7, 11) is 0. The molecule has 5 heteroatoms. The van der Waals surface area contributed by atoms with Crippen molar-refractivity contribution in [3.05, 3.63) is 35.6 Å². The lowest BCUT2D eigenvalue weighted by Crippen LogP contribution is -2.48. The highest BCUT2D eigenvalue weighted by atomic mass is 19.1. The van der Waals surface area contributed by atoms with Crippen LogP contribution in [0.3, 0.4) is 0 Å². The quantitative estimate of drug-likeness (QED) is 0.920. The zero-order valence-electron chi connectivity index (χ0n) is 14.0. The predicted molar refractivity (Wildman–Crippen MR) is 87.9 cm³/mol. The number of nitrogens with zero attached hydrogens (tertiary/aromatic N) is 1. The van der Waals surface area contributed by atoms with Crippen LogP contribution in [0.5, 0.6) is 0 Å². The number of carbonyl (C=O) groups is 2. The maximum atomic E-state index is 13.8.